The van der Waals surface area contributed by atoms with Crippen LogP contribution in [0.5, 0.6) is 0 Å². The molecule has 0 fully saturated rings. The summed E-state index contributed by atoms with van der Waals surface area (Å²) >= 11 is 1.47. The summed E-state index contributed by atoms with van der Waals surface area (Å²) in [6.07, 6.45) is 4.56. The van der Waals surface area contributed by atoms with Gasteiger partial charge in [-0.15, -0.1) is 11.3 Å². The van der Waals surface area contributed by atoms with Crippen molar-refractivity contribution < 1.29 is 13.6 Å². The van der Waals surface area contributed by atoms with Crippen LogP contribution in [0.15, 0.2) is 0 Å². The molecule has 0 radical (unpaired) electrons. The Labute approximate surface area is 160 Å². The van der Waals surface area contributed by atoms with Crippen LogP contribution < -0.4 is 5.32 Å². The first-order valence-electron chi connectivity index (χ1n) is 9.29. The van der Waals surface area contributed by atoms with Gasteiger partial charge in [0.15, 0.2) is 0 Å². The largest absolute Gasteiger partial charge is 0.315 e. The van der Waals surface area contributed by atoms with Crippen LogP contribution in [0.4, 0.5) is 13.8 Å². The summed E-state index contributed by atoms with van der Waals surface area (Å²) in [4.78, 5) is 13.7. The molecule has 142 valence electrons. The molecule has 2 heterocycles. The molecular weight excluding hydrogens is 370 g/mol. The number of nitrogens with zero attached hydrogens (tertiary/aromatic N) is 3. The molecule has 8 heteroatoms. The molecule has 0 unspecified atom stereocenters. The van der Waals surface area contributed by atoms with Gasteiger partial charge in [0.1, 0.15) is 23.3 Å². The van der Waals surface area contributed by atoms with E-state index in [0.29, 0.717) is 29.0 Å². The lowest BCUT2D eigenvalue weighted by Crippen LogP contribution is -2.21. The number of fused-ring (bicyclic) bond motifs is 2. The molecule has 1 amide bonds. The van der Waals surface area contributed by atoms with Gasteiger partial charge in [0.2, 0.25) is 5.91 Å². The van der Waals surface area contributed by atoms with Crippen molar-refractivity contribution in [2.45, 2.75) is 64.3 Å². The van der Waals surface area contributed by atoms with E-state index in [1.54, 1.807) is 0 Å². The summed E-state index contributed by atoms with van der Waals surface area (Å²) in [5.41, 5.74) is 2.76. The van der Waals surface area contributed by atoms with E-state index in [0.717, 1.165) is 49.8 Å². The number of hydrogen-bond acceptors (Lipinski definition) is 4. The Morgan fingerprint density at radius 2 is 1.96 bits per heavy atom. The number of alkyl halides is 2. The minimum absolute atomic E-state index is 0.109. The molecule has 1 N–H and O–H groups in total. The smallest absolute Gasteiger partial charge is 0.282 e. The molecule has 2 aliphatic carbocycles. The highest BCUT2D eigenvalue weighted by Gasteiger charge is 2.28. The molecule has 0 aliphatic heterocycles. The Bertz CT molecular complexity index is 925. The Kier molecular flexibility index (Phi) is 4.96. The number of hydrogen-bond donors (Lipinski definition) is 1. The third kappa shape index (κ3) is 3.36. The standard InChI is InChI=1S/C19H20F2N4OS/c20-18(21)17-12-6-4-7-14(12)25(24-17)10-16(26)23-19-13(9-22)11-5-2-1-3-8-15(11)27-19/h18H,1-8,10H2,(H,23,26). The van der Waals surface area contributed by atoms with Gasteiger partial charge in [-0.1, -0.05) is 6.42 Å². The fourth-order valence-electron chi connectivity index (χ4n) is 4.10. The van der Waals surface area contributed by atoms with E-state index in [-0.39, 0.29) is 18.1 Å². The van der Waals surface area contributed by atoms with Gasteiger partial charge in [-0.05, 0) is 50.5 Å². The number of amides is 1. The first-order chi connectivity index (χ1) is 13.1. The highest BCUT2D eigenvalue weighted by molar-refractivity contribution is 7.16. The van der Waals surface area contributed by atoms with Gasteiger partial charge in [0, 0.05) is 16.1 Å². The molecule has 4 rings (SSSR count). The van der Waals surface area contributed by atoms with Gasteiger partial charge < -0.3 is 5.32 Å². The van der Waals surface area contributed by atoms with E-state index >= 15 is 0 Å². The molecule has 0 spiro atoms. The van der Waals surface area contributed by atoms with Gasteiger partial charge in [0.25, 0.3) is 6.43 Å². The predicted octanol–water partition coefficient (Wildman–Crippen LogP) is 4.15. The van der Waals surface area contributed by atoms with E-state index in [4.69, 9.17) is 0 Å². The number of aromatic nitrogens is 2. The summed E-state index contributed by atoms with van der Waals surface area (Å²) in [6.45, 7) is -0.109. The van der Waals surface area contributed by atoms with Gasteiger partial charge in [0.05, 0.1) is 5.56 Å². The summed E-state index contributed by atoms with van der Waals surface area (Å²) in [7, 11) is 0. The number of carbonyl (C=O) groups excluding carboxylic acids is 1. The van der Waals surface area contributed by atoms with E-state index < -0.39 is 6.43 Å². The molecule has 0 aromatic carbocycles. The number of carbonyl (C=O) groups is 1. The zero-order chi connectivity index (χ0) is 19.0. The topological polar surface area (TPSA) is 70.7 Å². The average Bonchev–Trinajstić information content (AvgIpc) is 3.26. The van der Waals surface area contributed by atoms with Crippen LogP contribution in [0.25, 0.3) is 0 Å². The average molecular weight is 390 g/mol. The molecule has 27 heavy (non-hydrogen) atoms. The second-order valence-corrected chi connectivity index (χ2v) is 8.16. The molecule has 0 bridgehead atoms. The molecule has 0 saturated heterocycles. The van der Waals surface area contributed by atoms with E-state index in [9.17, 15) is 18.8 Å². The van der Waals surface area contributed by atoms with Crippen molar-refractivity contribution in [1.29, 1.82) is 5.26 Å². The summed E-state index contributed by atoms with van der Waals surface area (Å²) < 4.78 is 27.8. The van der Waals surface area contributed by atoms with Crippen molar-refractivity contribution in [1.82, 2.24) is 9.78 Å². The predicted molar refractivity (Wildman–Crippen MR) is 98.1 cm³/mol. The Morgan fingerprint density at radius 3 is 2.74 bits per heavy atom. The molecule has 2 aliphatic rings. The van der Waals surface area contributed by atoms with Gasteiger partial charge in [-0.3, -0.25) is 9.48 Å². The monoisotopic (exact) mass is 390 g/mol. The number of rotatable bonds is 4. The van der Waals surface area contributed by atoms with E-state index in [1.807, 2.05) is 0 Å². The lowest BCUT2D eigenvalue weighted by Gasteiger charge is -2.07. The fourth-order valence-corrected chi connectivity index (χ4v) is 5.35. The maximum Gasteiger partial charge on any atom is 0.282 e. The molecule has 0 saturated carbocycles. The van der Waals surface area contributed by atoms with Crippen molar-refractivity contribution in [3.8, 4) is 6.07 Å². The lowest BCUT2D eigenvalue weighted by atomic mass is 10.1. The number of nitrogens with one attached hydrogen (secondary N) is 1. The number of halogens is 2. The summed E-state index contributed by atoms with van der Waals surface area (Å²) in [5.74, 6) is -0.332. The van der Waals surface area contributed by atoms with Crippen LogP contribution in [0.1, 0.15) is 65.1 Å². The first kappa shape index (κ1) is 18.1. The van der Waals surface area contributed by atoms with Crippen LogP contribution >= 0.6 is 11.3 Å². The third-order valence-electron chi connectivity index (χ3n) is 5.32. The van der Waals surface area contributed by atoms with Gasteiger partial charge in [-0.25, -0.2) is 8.78 Å². The molecule has 2 aromatic heterocycles. The number of aryl methyl sites for hydroxylation is 1. The Hall–Kier alpha value is -2.27. The maximum atomic E-state index is 13.2. The zero-order valence-electron chi connectivity index (χ0n) is 14.9. The Morgan fingerprint density at radius 1 is 1.19 bits per heavy atom. The number of anilines is 1. The van der Waals surface area contributed by atoms with Crippen molar-refractivity contribution in [2.75, 3.05) is 5.32 Å². The van der Waals surface area contributed by atoms with Crippen LogP contribution in [0.3, 0.4) is 0 Å². The van der Waals surface area contributed by atoms with Crippen molar-refractivity contribution in [3.05, 3.63) is 33.0 Å². The maximum absolute atomic E-state index is 13.2. The SMILES string of the molecule is N#Cc1c(NC(=O)Cn2nc(C(F)F)c3c2CCC3)sc2c1CCCCC2. The molecule has 5 nitrogen and oxygen atoms in total. The lowest BCUT2D eigenvalue weighted by molar-refractivity contribution is -0.116. The second-order valence-electron chi connectivity index (χ2n) is 7.05. The van der Waals surface area contributed by atoms with Crippen LogP contribution in [-0.4, -0.2) is 15.7 Å². The minimum atomic E-state index is -2.63. The summed E-state index contributed by atoms with van der Waals surface area (Å²) in [5, 5.41) is 16.9. The normalized spacial score (nSPS) is 15.9. The quantitative estimate of drug-likeness (QED) is 0.797. The van der Waals surface area contributed by atoms with E-state index in [1.165, 1.54) is 20.9 Å². The van der Waals surface area contributed by atoms with Crippen molar-refractivity contribution in [3.63, 3.8) is 0 Å². The summed E-state index contributed by atoms with van der Waals surface area (Å²) in [6, 6.07) is 2.24. The van der Waals surface area contributed by atoms with E-state index in [2.05, 4.69) is 16.5 Å². The molecular formula is C19H20F2N4OS. The number of thiophene rings is 1. The fraction of sp³-hybridized carbons (Fsp3) is 0.526. The van der Waals surface area contributed by atoms with Crippen molar-refractivity contribution >= 4 is 22.2 Å². The van der Waals surface area contributed by atoms with Crippen LogP contribution in [0.2, 0.25) is 0 Å². The van der Waals surface area contributed by atoms with Gasteiger partial charge >= 0.3 is 0 Å². The molecule has 0 atom stereocenters. The van der Waals surface area contributed by atoms with Crippen LogP contribution in [-0.2, 0) is 37.0 Å². The molecule has 2 aromatic rings. The highest BCUT2D eigenvalue weighted by Crippen LogP contribution is 2.37. The minimum Gasteiger partial charge on any atom is -0.315 e. The second kappa shape index (κ2) is 7.39. The third-order valence-corrected chi connectivity index (χ3v) is 6.53. The van der Waals surface area contributed by atoms with Crippen molar-refractivity contribution in [2.24, 2.45) is 0 Å². The van der Waals surface area contributed by atoms with Gasteiger partial charge in [-0.2, -0.15) is 10.4 Å². The highest BCUT2D eigenvalue weighted by atomic mass is 32.1. The number of nitriles is 1. The Balaban J connectivity index is 1.55. The van der Waals surface area contributed by atoms with Crippen LogP contribution in [0, 0.1) is 11.3 Å². The first-order valence-corrected chi connectivity index (χ1v) is 10.1. The zero-order valence-corrected chi connectivity index (χ0v) is 15.7.